The van der Waals surface area contributed by atoms with Gasteiger partial charge in [0.2, 0.25) is 0 Å². The molecule has 0 fully saturated rings. The summed E-state index contributed by atoms with van der Waals surface area (Å²) in [5.41, 5.74) is 2.60. The Labute approximate surface area is 217 Å². The average Bonchev–Trinajstić information content (AvgIpc) is 2.89. The molecule has 0 saturated carbocycles. The smallest absolute Gasteiger partial charge is 0.326 e. The van der Waals surface area contributed by atoms with E-state index in [1.54, 1.807) is 13.2 Å². The van der Waals surface area contributed by atoms with Crippen LogP contribution in [0.1, 0.15) is 49.1 Å². The molecule has 3 aromatic carbocycles. The second-order valence-electron chi connectivity index (χ2n) is 10.1. The Bertz CT molecular complexity index is 1240. The Morgan fingerprint density at radius 3 is 2.24 bits per heavy atom. The van der Waals surface area contributed by atoms with Crippen molar-refractivity contribution >= 4 is 11.9 Å². The van der Waals surface area contributed by atoms with Crippen LogP contribution in [0.3, 0.4) is 0 Å². The number of fused-ring (bicyclic) bond motifs is 1. The lowest BCUT2D eigenvalue weighted by Crippen LogP contribution is -2.51. The molecule has 0 radical (unpaired) electrons. The van der Waals surface area contributed by atoms with E-state index in [1.165, 1.54) is 4.90 Å². The van der Waals surface area contributed by atoms with Gasteiger partial charge >= 0.3 is 5.97 Å². The van der Waals surface area contributed by atoms with Gasteiger partial charge < -0.3 is 24.2 Å². The van der Waals surface area contributed by atoms with Crippen molar-refractivity contribution in [3.63, 3.8) is 0 Å². The molecule has 2 atom stereocenters. The Morgan fingerprint density at radius 2 is 1.65 bits per heavy atom. The lowest BCUT2D eigenvalue weighted by Gasteiger charge is -2.38. The lowest BCUT2D eigenvalue weighted by molar-refractivity contribution is -0.164. The summed E-state index contributed by atoms with van der Waals surface area (Å²) in [5.74, 6) is -0.440. The minimum absolute atomic E-state index is 0.0920. The van der Waals surface area contributed by atoms with Crippen LogP contribution in [0.5, 0.6) is 11.5 Å². The minimum atomic E-state index is -1.08. The number of hydrogen-bond donors (Lipinski definition) is 1. The van der Waals surface area contributed by atoms with Crippen molar-refractivity contribution in [2.45, 2.75) is 58.1 Å². The van der Waals surface area contributed by atoms with Crippen LogP contribution in [0, 0.1) is 0 Å². The fourth-order valence-corrected chi connectivity index (χ4v) is 4.51. The fraction of sp³-hybridized carbons (Fsp3) is 0.333. The van der Waals surface area contributed by atoms with Crippen LogP contribution in [0.15, 0.2) is 72.8 Å². The van der Waals surface area contributed by atoms with E-state index >= 15 is 0 Å². The summed E-state index contributed by atoms with van der Waals surface area (Å²) < 4.78 is 17.9. The zero-order chi connectivity index (χ0) is 26.6. The van der Waals surface area contributed by atoms with Crippen molar-refractivity contribution in [3.05, 3.63) is 95.1 Å². The quantitative estimate of drug-likeness (QED) is 0.457. The van der Waals surface area contributed by atoms with E-state index in [-0.39, 0.29) is 18.9 Å². The topological polar surface area (TPSA) is 85.3 Å². The molecule has 1 aliphatic heterocycles. The summed E-state index contributed by atoms with van der Waals surface area (Å²) in [4.78, 5) is 27.8. The maximum Gasteiger partial charge on any atom is 0.326 e. The van der Waals surface area contributed by atoms with Gasteiger partial charge in [-0.3, -0.25) is 4.79 Å². The highest BCUT2D eigenvalue weighted by molar-refractivity contribution is 5.88. The molecular weight excluding hydrogens is 470 g/mol. The summed E-state index contributed by atoms with van der Waals surface area (Å²) >= 11 is 0. The number of ether oxygens (including phenoxy) is 3. The maximum atomic E-state index is 13.9. The van der Waals surface area contributed by atoms with E-state index in [1.807, 2.05) is 87.5 Å². The molecule has 7 nitrogen and oxygen atoms in total. The highest BCUT2D eigenvalue weighted by atomic mass is 16.5. The van der Waals surface area contributed by atoms with Crippen molar-refractivity contribution in [1.82, 2.24) is 4.90 Å². The number of benzene rings is 3. The van der Waals surface area contributed by atoms with Gasteiger partial charge in [0.1, 0.15) is 12.6 Å². The molecule has 1 unspecified atom stereocenters. The third-order valence-electron chi connectivity index (χ3n) is 6.25. The maximum absolute atomic E-state index is 13.9. The standard InChI is InChI=1S/C30H33NO6/c1-30(2,3)37-26(21-13-9-6-10-14-21)28(32)31-18-22-15-16-25(35-4)27(23(22)17-24(31)29(33)34)36-19-20-11-7-5-8-12-20/h5-16,24,26H,17-19H2,1-4H3,(H,33,34)/t24-,26?/m0/s1. The fourth-order valence-electron chi connectivity index (χ4n) is 4.51. The number of carbonyl (C=O) groups is 2. The first-order valence-corrected chi connectivity index (χ1v) is 12.3. The van der Waals surface area contributed by atoms with Crippen LogP contribution in [0.25, 0.3) is 0 Å². The van der Waals surface area contributed by atoms with Gasteiger partial charge in [0.05, 0.1) is 12.7 Å². The molecule has 1 aliphatic rings. The minimum Gasteiger partial charge on any atom is -0.493 e. The first kappa shape index (κ1) is 26.2. The summed E-state index contributed by atoms with van der Waals surface area (Å²) in [5, 5.41) is 10.2. The van der Waals surface area contributed by atoms with Gasteiger partial charge in [-0.1, -0.05) is 66.7 Å². The van der Waals surface area contributed by atoms with Gasteiger partial charge in [0.15, 0.2) is 17.6 Å². The first-order valence-electron chi connectivity index (χ1n) is 12.3. The van der Waals surface area contributed by atoms with Crippen molar-refractivity contribution in [1.29, 1.82) is 0 Å². The largest absolute Gasteiger partial charge is 0.493 e. The average molecular weight is 504 g/mol. The first-order chi connectivity index (χ1) is 17.7. The molecule has 194 valence electrons. The van der Waals surface area contributed by atoms with Gasteiger partial charge in [-0.2, -0.15) is 0 Å². The van der Waals surface area contributed by atoms with Crippen molar-refractivity contribution in [2.24, 2.45) is 0 Å². The summed E-state index contributed by atoms with van der Waals surface area (Å²) in [6, 6.07) is 21.5. The molecule has 0 saturated heterocycles. The van der Waals surface area contributed by atoms with Gasteiger partial charge in [0.25, 0.3) is 5.91 Å². The zero-order valence-electron chi connectivity index (χ0n) is 21.6. The Hall–Kier alpha value is -3.84. The van der Waals surface area contributed by atoms with Crippen molar-refractivity contribution in [2.75, 3.05) is 7.11 Å². The van der Waals surface area contributed by atoms with Crippen LogP contribution >= 0.6 is 0 Å². The highest BCUT2D eigenvalue weighted by Crippen LogP contribution is 2.40. The number of aliphatic carboxylic acids is 1. The second-order valence-corrected chi connectivity index (χ2v) is 10.1. The van der Waals surface area contributed by atoms with E-state index in [0.717, 1.165) is 16.7 Å². The van der Waals surface area contributed by atoms with Crippen LogP contribution in [-0.2, 0) is 33.9 Å². The second kappa shape index (κ2) is 11.0. The number of carboxylic acids is 1. The number of hydrogen-bond acceptors (Lipinski definition) is 5. The lowest BCUT2D eigenvalue weighted by atomic mass is 9.91. The number of methoxy groups -OCH3 is 1. The van der Waals surface area contributed by atoms with E-state index in [9.17, 15) is 14.7 Å². The number of nitrogens with zero attached hydrogens (tertiary/aromatic N) is 1. The summed E-state index contributed by atoms with van der Waals surface area (Å²) in [6.07, 6.45) is -0.842. The molecule has 3 aromatic rings. The summed E-state index contributed by atoms with van der Waals surface area (Å²) in [6.45, 7) is 6.05. The van der Waals surface area contributed by atoms with E-state index in [0.29, 0.717) is 23.7 Å². The number of rotatable bonds is 8. The van der Waals surface area contributed by atoms with Gasteiger partial charge in [-0.15, -0.1) is 0 Å². The molecule has 1 amide bonds. The Morgan fingerprint density at radius 1 is 1.00 bits per heavy atom. The molecule has 7 heteroatoms. The predicted octanol–water partition coefficient (Wildman–Crippen LogP) is 5.17. The molecule has 0 bridgehead atoms. The number of carbonyl (C=O) groups excluding carboxylic acids is 1. The van der Waals surface area contributed by atoms with Crippen molar-refractivity contribution < 1.29 is 28.9 Å². The third kappa shape index (κ3) is 6.12. The van der Waals surface area contributed by atoms with E-state index in [4.69, 9.17) is 14.2 Å². The number of amides is 1. The normalized spacial score (nSPS) is 16.0. The molecule has 1 heterocycles. The molecule has 1 N–H and O–H groups in total. The molecule has 0 spiro atoms. The van der Waals surface area contributed by atoms with Gasteiger partial charge in [-0.25, -0.2) is 4.79 Å². The van der Waals surface area contributed by atoms with Crippen LogP contribution in [-0.4, -0.2) is 40.6 Å². The zero-order valence-corrected chi connectivity index (χ0v) is 21.6. The predicted molar refractivity (Wildman–Crippen MR) is 139 cm³/mol. The molecule has 4 rings (SSSR count). The molecule has 37 heavy (non-hydrogen) atoms. The van der Waals surface area contributed by atoms with E-state index in [2.05, 4.69) is 0 Å². The summed E-state index contributed by atoms with van der Waals surface area (Å²) in [7, 11) is 1.55. The van der Waals surface area contributed by atoms with Gasteiger partial charge in [0, 0.05) is 18.5 Å². The monoisotopic (exact) mass is 503 g/mol. The Kier molecular flexibility index (Phi) is 7.83. The third-order valence-corrected chi connectivity index (χ3v) is 6.25. The van der Waals surface area contributed by atoms with Gasteiger partial charge in [-0.05, 0) is 43.5 Å². The number of carboxylic acid groups (broad SMARTS) is 1. The van der Waals surface area contributed by atoms with Crippen molar-refractivity contribution in [3.8, 4) is 11.5 Å². The van der Waals surface area contributed by atoms with Crippen LogP contribution in [0.4, 0.5) is 0 Å². The SMILES string of the molecule is COc1ccc2c(c1OCc1ccccc1)C[C@@H](C(=O)O)N(C(=O)C(OC(C)(C)C)c1ccccc1)C2. The Balaban J connectivity index is 1.69. The highest BCUT2D eigenvalue weighted by Gasteiger charge is 2.41. The molecule has 0 aliphatic carbocycles. The molecular formula is C30H33NO6. The van der Waals surface area contributed by atoms with Crippen LogP contribution < -0.4 is 9.47 Å². The molecule has 0 aromatic heterocycles. The van der Waals surface area contributed by atoms with Crippen LogP contribution in [0.2, 0.25) is 0 Å². The van der Waals surface area contributed by atoms with E-state index < -0.39 is 23.7 Å².